The van der Waals surface area contributed by atoms with E-state index in [1.54, 1.807) is 12.4 Å². The predicted molar refractivity (Wildman–Crippen MR) is 97.0 cm³/mol. The van der Waals surface area contributed by atoms with Gasteiger partial charge in [0.05, 0.1) is 11.9 Å². The average molecular weight is 331 g/mol. The zero-order valence-electron chi connectivity index (χ0n) is 13.5. The van der Waals surface area contributed by atoms with Gasteiger partial charge in [-0.25, -0.2) is 10.2 Å². The van der Waals surface area contributed by atoms with E-state index in [-0.39, 0.29) is 6.61 Å². The van der Waals surface area contributed by atoms with Crippen LogP contribution >= 0.6 is 0 Å². The van der Waals surface area contributed by atoms with E-state index in [1.165, 1.54) is 0 Å². The van der Waals surface area contributed by atoms with Crippen LogP contribution in [0.4, 0.5) is 4.79 Å². The Balaban J connectivity index is 1.49. The molecular weight excluding hydrogens is 314 g/mol. The molecule has 1 heterocycles. The van der Waals surface area contributed by atoms with Crippen molar-refractivity contribution >= 4 is 12.3 Å². The Hall–Kier alpha value is -3.47. The van der Waals surface area contributed by atoms with E-state index in [2.05, 4.69) is 15.5 Å². The summed E-state index contributed by atoms with van der Waals surface area (Å²) < 4.78 is 5.07. The van der Waals surface area contributed by atoms with Gasteiger partial charge in [0.25, 0.3) is 0 Å². The van der Waals surface area contributed by atoms with Gasteiger partial charge in [0.15, 0.2) is 0 Å². The van der Waals surface area contributed by atoms with Crippen LogP contribution < -0.4 is 5.43 Å². The number of pyridine rings is 1. The summed E-state index contributed by atoms with van der Waals surface area (Å²) >= 11 is 0. The molecule has 3 aromatic rings. The maximum absolute atomic E-state index is 11.6. The van der Waals surface area contributed by atoms with Crippen LogP contribution in [0, 0.1) is 0 Å². The Labute approximate surface area is 146 Å². The summed E-state index contributed by atoms with van der Waals surface area (Å²) in [5, 5.41) is 3.89. The van der Waals surface area contributed by atoms with E-state index in [9.17, 15) is 4.79 Å². The maximum atomic E-state index is 11.6. The molecular formula is C20H17N3O2. The van der Waals surface area contributed by atoms with E-state index >= 15 is 0 Å². The van der Waals surface area contributed by atoms with E-state index in [4.69, 9.17) is 4.74 Å². The molecule has 1 aromatic heterocycles. The van der Waals surface area contributed by atoms with E-state index < -0.39 is 6.09 Å². The Morgan fingerprint density at radius 3 is 2.48 bits per heavy atom. The molecule has 0 radical (unpaired) electrons. The summed E-state index contributed by atoms with van der Waals surface area (Å²) in [5.74, 6) is 0. The Morgan fingerprint density at radius 1 is 1.00 bits per heavy atom. The molecule has 0 atom stereocenters. The van der Waals surface area contributed by atoms with Crippen LogP contribution in [0.2, 0.25) is 0 Å². The molecule has 25 heavy (non-hydrogen) atoms. The molecule has 0 bridgehead atoms. The number of amides is 1. The van der Waals surface area contributed by atoms with Crippen molar-refractivity contribution in [1.82, 2.24) is 10.4 Å². The standard InChI is InChI=1S/C20H17N3O2/c24-20(25-15-17-6-2-1-3-7-17)23-22-14-16-9-11-18(12-10-16)19-8-4-5-13-21-19/h1-14H,15H2,(H,23,24). The van der Waals surface area contributed by atoms with Gasteiger partial charge in [0.2, 0.25) is 0 Å². The summed E-state index contributed by atoms with van der Waals surface area (Å²) in [4.78, 5) is 15.9. The quantitative estimate of drug-likeness (QED) is 0.567. The van der Waals surface area contributed by atoms with Gasteiger partial charge < -0.3 is 4.74 Å². The van der Waals surface area contributed by atoms with Crippen LogP contribution in [0.3, 0.4) is 0 Å². The number of hydrogen-bond donors (Lipinski definition) is 1. The third-order valence-corrected chi connectivity index (χ3v) is 3.45. The second-order valence-electron chi connectivity index (χ2n) is 5.27. The highest BCUT2D eigenvalue weighted by Crippen LogP contribution is 2.16. The monoisotopic (exact) mass is 331 g/mol. The topological polar surface area (TPSA) is 63.6 Å². The lowest BCUT2D eigenvalue weighted by atomic mass is 10.1. The van der Waals surface area contributed by atoms with Crippen molar-refractivity contribution in [3.05, 3.63) is 90.1 Å². The van der Waals surface area contributed by atoms with Gasteiger partial charge in [0.1, 0.15) is 6.61 Å². The first-order valence-electron chi connectivity index (χ1n) is 7.82. The summed E-state index contributed by atoms with van der Waals surface area (Å²) in [7, 11) is 0. The lowest BCUT2D eigenvalue weighted by Gasteiger charge is -2.03. The molecule has 124 valence electrons. The second-order valence-corrected chi connectivity index (χ2v) is 5.27. The van der Waals surface area contributed by atoms with Crippen LogP contribution in [0.1, 0.15) is 11.1 Å². The van der Waals surface area contributed by atoms with Crippen LogP contribution in [0.25, 0.3) is 11.3 Å². The number of nitrogens with zero attached hydrogens (tertiary/aromatic N) is 2. The maximum Gasteiger partial charge on any atom is 0.428 e. The molecule has 3 rings (SSSR count). The van der Waals surface area contributed by atoms with Gasteiger partial charge in [-0.3, -0.25) is 4.98 Å². The highest BCUT2D eigenvalue weighted by molar-refractivity contribution is 5.81. The first-order chi connectivity index (χ1) is 12.3. The van der Waals surface area contributed by atoms with Gasteiger partial charge in [-0.15, -0.1) is 0 Å². The first kappa shape index (κ1) is 16.4. The number of carbonyl (C=O) groups is 1. The predicted octanol–water partition coefficient (Wildman–Crippen LogP) is 4.01. The minimum absolute atomic E-state index is 0.209. The zero-order valence-corrected chi connectivity index (χ0v) is 13.5. The van der Waals surface area contributed by atoms with Crippen molar-refractivity contribution in [3.63, 3.8) is 0 Å². The number of ether oxygens (including phenoxy) is 1. The number of carbonyl (C=O) groups excluding carboxylic acids is 1. The minimum atomic E-state index is -0.592. The molecule has 2 aromatic carbocycles. The Bertz CT molecular complexity index is 832. The molecule has 1 amide bonds. The number of benzene rings is 2. The first-order valence-corrected chi connectivity index (χ1v) is 7.82. The van der Waals surface area contributed by atoms with Crippen molar-refractivity contribution in [3.8, 4) is 11.3 Å². The summed E-state index contributed by atoms with van der Waals surface area (Å²) in [6, 6.07) is 23.0. The fraction of sp³-hybridized carbons (Fsp3) is 0.0500. The molecule has 0 aliphatic rings. The molecule has 0 aliphatic carbocycles. The second kappa shape index (κ2) is 8.40. The van der Waals surface area contributed by atoms with E-state index in [1.807, 2.05) is 72.8 Å². The molecule has 0 saturated carbocycles. The van der Waals surface area contributed by atoms with E-state index in [0.29, 0.717) is 0 Å². The lowest BCUT2D eigenvalue weighted by molar-refractivity contribution is 0.140. The van der Waals surface area contributed by atoms with Crippen molar-refractivity contribution in [2.45, 2.75) is 6.61 Å². The third-order valence-electron chi connectivity index (χ3n) is 3.45. The van der Waals surface area contributed by atoms with Crippen molar-refractivity contribution < 1.29 is 9.53 Å². The van der Waals surface area contributed by atoms with Crippen LogP contribution in [-0.4, -0.2) is 17.3 Å². The Kier molecular flexibility index (Phi) is 5.51. The third kappa shape index (κ3) is 5.00. The van der Waals surface area contributed by atoms with Crippen molar-refractivity contribution in [2.75, 3.05) is 0 Å². The van der Waals surface area contributed by atoms with Gasteiger partial charge in [-0.2, -0.15) is 5.10 Å². The number of aromatic nitrogens is 1. The number of rotatable bonds is 5. The highest BCUT2D eigenvalue weighted by atomic mass is 16.5. The minimum Gasteiger partial charge on any atom is -0.443 e. The molecule has 5 heteroatoms. The zero-order chi connectivity index (χ0) is 17.3. The molecule has 5 nitrogen and oxygen atoms in total. The molecule has 0 saturated heterocycles. The molecule has 0 aliphatic heterocycles. The van der Waals surface area contributed by atoms with Crippen molar-refractivity contribution in [1.29, 1.82) is 0 Å². The van der Waals surface area contributed by atoms with Gasteiger partial charge in [-0.05, 0) is 23.3 Å². The summed E-state index contributed by atoms with van der Waals surface area (Å²) in [6.45, 7) is 0.209. The Morgan fingerprint density at radius 2 is 1.76 bits per heavy atom. The van der Waals surface area contributed by atoms with Gasteiger partial charge >= 0.3 is 6.09 Å². The highest BCUT2D eigenvalue weighted by Gasteiger charge is 2.01. The molecule has 0 spiro atoms. The SMILES string of the molecule is O=C(NN=Cc1ccc(-c2ccccn2)cc1)OCc1ccccc1. The summed E-state index contributed by atoms with van der Waals surface area (Å²) in [6.07, 6.45) is 2.73. The fourth-order valence-corrected chi connectivity index (χ4v) is 2.19. The molecule has 0 unspecified atom stereocenters. The van der Waals surface area contributed by atoms with E-state index in [0.717, 1.165) is 22.4 Å². The van der Waals surface area contributed by atoms with Crippen LogP contribution in [0.5, 0.6) is 0 Å². The smallest absolute Gasteiger partial charge is 0.428 e. The van der Waals surface area contributed by atoms with Crippen molar-refractivity contribution in [2.24, 2.45) is 5.10 Å². The van der Waals surface area contributed by atoms with Gasteiger partial charge in [-0.1, -0.05) is 60.7 Å². The van der Waals surface area contributed by atoms with Crippen LogP contribution in [-0.2, 0) is 11.3 Å². The fourth-order valence-electron chi connectivity index (χ4n) is 2.19. The van der Waals surface area contributed by atoms with Crippen LogP contribution in [0.15, 0.2) is 84.1 Å². The largest absolute Gasteiger partial charge is 0.443 e. The molecule has 1 N–H and O–H groups in total. The average Bonchev–Trinajstić information content (AvgIpc) is 2.68. The molecule has 0 fully saturated rings. The number of hydrazone groups is 1. The lowest BCUT2D eigenvalue weighted by Crippen LogP contribution is -2.18. The normalized spacial score (nSPS) is 10.6. The number of hydrogen-bond acceptors (Lipinski definition) is 4. The number of nitrogens with one attached hydrogen (secondary N) is 1. The summed E-state index contributed by atoms with van der Waals surface area (Å²) in [5.41, 5.74) is 6.06. The van der Waals surface area contributed by atoms with Gasteiger partial charge in [0, 0.05) is 11.8 Å².